The van der Waals surface area contributed by atoms with Crippen LogP contribution in [-0.2, 0) is 17.9 Å². The molecule has 0 aliphatic carbocycles. The van der Waals surface area contributed by atoms with Crippen molar-refractivity contribution in [1.29, 1.82) is 0 Å². The van der Waals surface area contributed by atoms with Crippen LogP contribution >= 0.6 is 0 Å². The van der Waals surface area contributed by atoms with Crippen molar-refractivity contribution >= 4 is 5.91 Å². The molecule has 1 fully saturated rings. The molecule has 1 saturated heterocycles. The van der Waals surface area contributed by atoms with E-state index < -0.39 is 0 Å². The van der Waals surface area contributed by atoms with E-state index in [-0.39, 0.29) is 5.91 Å². The van der Waals surface area contributed by atoms with Crippen molar-refractivity contribution < 1.29 is 9.53 Å². The maximum absolute atomic E-state index is 11.9. The van der Waals surface area contributed by atoms with Crippen LogP contribution in [0.3, 0.4) is 0 Å². The van der Waals surface area contributed by atoms with Gasteiger partial charge in [-0.25, -0.2) is 0 Å². The SMILES string of the molecule is O=C(CCOc1ccccc1)NCc1ccc(CN2CCNCC2)cc1. The molecule has 2 aromatic rings. The Morgan fingerprint density at radius 3 is 2.42 bits per heavy atom. The highest BCUT2D eigenvalue weighted by molar-refractivity contribution is 5.75. The van der Waals surface area contributed by atoms with E-state index in [1.54, 1.807) is 0 Å². The predicted molar refractivity (Wildman–Crippen MR) is 103 cm³/mol. The van der Waals surface area contributed by atoms with Gasteiger partial charge in [0.25, 0.3) is 0 Å². The number of para-hydroxylation sites is 1. The molecule has 0 atom stereocenters. The second-order valence-corrected chi connectivity index (χ2v) is 6.53. The molecule has 5 nitrogen and oxygen atoms in total. The molecule has 0 unspecified atom stereocenters. The first-order chi connectivity index (χ1) is 12.8. The van der Waals surface area contributed by atoms with Crippen molar-refractivity contribution in [2.24, 2.45) is 0 Å². The summed E-state index contributed by atoms with van der Waals surface area (Å²) >= 11 is 0. The Hall–Kier alpha value is -2.37. The average Bonchev–Trinajstić information content (AvgIpc) is 2.69. The van der Waals surface area contributed by atoms with Gasteiger partial charge in [0, 0.05) is 39.3 Å². The molecule has 2 N–H and O–H groups in total. The van der Waals surface area contributed by atoms with Crippen molar-refractivity contribution in [3.63, 3.8) is 0 Å². The quantitative estimate of drug-likeness (QED) is 0.764. The molecular weight excluding hydrogens is 326 g/mol. The molecule has 3 rings (SSSR count). The monoisotopic (exact) mass is 353 g/mol. The Bertz CT molecular complexity index is 667. The maximum atomic E-state index is 11.9. The van der Waals surface area contributed by atoms with Gasteiger partial charge in [-0.1, -0.05) is 42.5 Å². The lowest BCUT2D eigenvalue weighted by Crippen LogP contribution is -2.42. The summed E-state index contributed by atoms with van der Waals surface area (Å²) in [6.07, 6.45) is 0.357. The summed E-state index contributed by atoms with van der Waals surface area (Å²) in [6, 6.07) is 18.1. The Kier molecular flexibility index (Phi) is 7.05. The largest absolute Gasteiger partial charge is 0.493 e. The zero-order valence-corrected chi connectivity index (χ0v) is 15.1. The molecule has 1 aliphatic heterocycles. The van der Waals surface area contributed by atoms with Gasteiger partial charge in [-0.15, -0.1) is 0 Å². The lowest BCUT2D eigenvalue weighted by Gasteiger charge is -2.27. The van der Waals surface area contributed by atoms with Crippen LogP contribution in [0.4, 0.5) is 0 Å². The number of nitrogens with one attached hydrogen (secondary N) is 2. The van der Waals surface area contributed by atoms with Gasteiger partial charge in [0.05, 0.1) is 13.0 Å². The van der Waals surface area contributed by atoms with Crippen molar-refractivity contribution in [3.8, 4) is 5.75 Å². The number of carbonyl (C=O) groups excluding carboxylic acids is 1. The predicted octanol–water partition coefficient (Wildman–Crippen LogP) is 2.18. The van der Waals surface area contributed by atoms with E-state index in [2.05, 4.69) is 39.8 Å². The molecule has 26 heavy (non-hydrogen) atoms. The highest BCUT2D eigenvalue weighted by Crippen LogP contribution is 2.09. The molecule has 138 valence electrons. The van der Waals surface area contributed by atoms with E-state index in [1.165, 1.54) is 5.56 Å². The van der Waals surface area contributed by atoms with Gasteiger partial charge in [-0.05, 0) is 23.3 Å². The Morgan fingerprint density at radius 2 is 1.69 bits per heavy atom. The summed E-state index contributed by atoms with van der Waals surface area (Å²) in [5, 5.41) is 6.32. The van der Waals surface area contributed by atoms with Gasteiger partial charge in [0.15, 0.2) is 0 Å². The van der Waals surface area contributed by atoms with Crippen LogP contribution in [0, 0.1) is 0 Å². The standard InChI is InChI=1S/C21H27N3O2/c25-21(10-15-26-20-4-2-1-3-5-20)23-16-18-6-8-19(9-7-18)17-24-13-11-22-12-14-24/h1-9,22H,10-17H2,(H,23,25). The van der Waals surface area contributed by atoms with E-state index in [0.717, 1.165) is 44.0 Å². The van der Waals surface area contributed by atoms with Crippen LogP contribution < -0.4 is 15.4 Å². The maximum Gasteiger partial charge on any atom is 0.223 e. The summed E-state index contributed by atoms with van der Waals surface area (Å²) in [6.45, 7) is 6.27. The van der Waals surface area contributed by atoms with Crippen LogP contribution in [-0.4, -0.2) is 43.6 Å². The number of carbonyl (C=O) groups is 1. The van der Waals surface area contributed by atoms with Crippen LogP contribution in [0.2, 0.25) is 0 Å². The number of benzene rings is 2. The lowest BCUT2D eigenvalue weighted by atomic mass is 10.1. The van der Waals surface area contributed by atoms with E-state index in [9.17, 15) is 4.79 Å². The molecule has 0 bridgehead atoms. The number of nitrogens with zero attached hydrogens (tertiary/aromatic N) is 1. The minimum Gasteiger partial charge on any atom is -0.493 e. The van der Waals surface area contributed by atoms with Gasteiger partial charge >= 0.3 is 0 Å². The highest BCUT2D eigenvalue weighted by atomic mass is 16.5. The third-order valence-corrected chi connectivity index (χ3v) is 4.47. The van der Waals surface area contributed by atoms with E-state index in [1.807, 2.05) is 30.3 Å². The Balaban J connectivity index is 1.35. The normalized spacial score (nSPS) is 14.8. The van der Waals surface area contributed by atoms with E-state index in [0.29, 0.717) is 19.6 Å². The fourth-order valence-corrected chi connectivity index (χ4v) is 2.96. The fourth-order valence-electron chi connectivity index (χ4n) is 2.96. The third kappa shape index (κ3) is 6.17. The zero-order chi connectivity index (χ0) is 18.0. The topological polar surface area (TPSA) is 53.6 Å². The molecule has 1 amide bonds. The molecule has 0 aromatic heterocycles. The van der Waals surface area contributed by atoms with Gasteiger partial charge in [-0.3, -0.25) is 9.69 Å². The molecule has 1 aliphatic rings. The number of hydrogen-bond acceptors (Lipinski definition) is 4. The van der Waals surface area contributed by atoms with Gasteiger partial charge in [0.1, 0.15) is 5.75 Å². The molecule has 5 heteroatoms. The number of piperazine rings is 1. The Labute approximate surface area is 155 Å². The first kappa shape index (κ1) is 18.4. The second-order valence-electron chi connectivity index (χ2n) is 6.53. The minimum atomic E-state index is 0.00539. The lowest BCUT2D eigenvalue weighted by molar-refractivity contribution is -0.121. The average molecular weight is 353 g/mol. The molecular formula is C21H27N3O2. The molecule has 1 heterocycles. The summed E-state index contributed by atoms with van der Waals surface area (Å²) in [7, 11) is 0. The van der Waals surface area contributed by atoms with E-state index in [4.69, 9.17) is 4.74 Å². The molecule has 0 spiro atoms. The summed E-state index contributed by atoms with van der Waals surface area (Å²) in [4.78, 5) is 14.4. The van der Waals surface area contributed by atoms with Crippen LogP contribution in [0.1, 0.15) is 17.5 Å². The molecule has 0 saturated carbocycles. The van der Waals surface area contributed by atoms with Crippen LogP contribution in [0.25, 0.3) is 0 Å². The smallest absolute Gasteiger partial charge is 0.223 e. The molecule has 0 radical (unpaired) electrons. The van der Waals surface area contributed by atoms with Gasteiger partial charge in [-0.2, -0.15) is 0 Å². The first-order valence-electron chi connectivity index (χ1n) is 9.25. The highest BCUT2D eigenvalue weighted by Gasteiger charge is 2.09. The van der Waals surface area contributed by atoms with Crippen LogP contribution in [0.5, 0.6) is 5.75 Å². The van der Waals surface area contributed by atoms with Crippen molar-refractivity contribution in [1.82, 2.24) is 15.5 Å². The van der Waals surface area contributed by atoms with Crippen molar-refractivity contribution in [3.05, 3.63) is 65.7 Å². The van der Waals surface area contributed by atoms with Gasteiger partial charge < -0.3 is 15.4 Å². The van der Waals surface area contributed by atoms with Crippen molar-refractivity contribution in [2.75, 3.05) is 32.8 Å². The van der Waals surface area contributed by atoms with Crippen molar-refractivity contribution in [2.45, 2.75) is 19.5 Å². The van der Waals surface area contributed by atoms with E-state index >= 15 is 0 Å². The zero-order valence-electron chi connectivity index (χ0n) is 15.1. The number of hydrogen-bond donors (Lipinski definition) is 2. The second kappa shape index (κ2) is 9.94. The number of rotatable bonds is 8. The number of amides is 1. The summed E-state index contributed by atoms with van der Waals surface area (Å²) in [5.41, 5.74) is 2.43. The van der Waals surface area contributed by atoms with Gasteiger partial charge in [0.2, 0.25) is 5.91 Å². The summed E-state index contributed by atoms with van der Waals surface area (Å²) < 4.78 is 5.55. The first-order valence-corrected chi connectivity index (χ1v) is 9.25. The third-order valence-electron chi connectivity index (χ3n) is 4.47. The Morgan fingerprint density at radius 1 is 1.00 bits per heavy atom. The van der Waals surface area contributed by atoms with Crippen LogP contribution in [0.15, 0.2) is 54.6 Å². The number of ether oxygens (including phenoxy) is 1. The fraction of sp³-hybridized carbons (Fsp3) is 0.381. The summed E-state index contributed by atoms with van der Waals surface area (Å²) in [5.74, 6) is 0.797. The minimum absolute atomic E-state index is 0.00539. The molecule has 2 aromatic carbocycles.